The monoisotopic (exact) mass is 361 g/mol. The normalized spacial score (nSPS) is 15.5. The van der Waals surface area contributed by atoms with E-state index in [0.29, 0.717) is 0 Å². The molecule has 0 amide bonds. The van der Waals surface area contributed by atoms with E-state index in [4.69, 9.17) is 4.74 Å². The first-order valence-electron chi connectivity index (χ1n) is 7.52. The maximum atomic E-state index is 5.23. The van der Waals surface area contributed by atoms with E-state index in [1.54, 1.807) is 7.11 Å². The summed E-state index contributed by atoms with van der Waals surface area (Å²) in [6.45, 7) is 4.10. The molecule has 5 heteroatoms. The van der Waals surface area contributed by atoms with Gasteiger partial charge < -0.3 is 14.5 Å². The van der Waals surface area contributed by atoms with Crippen molar-refractivity contribution in [3.63, 3.8) is 0 Å². The van der Waals surface area contributed by atoms with Gasteiger partial charge in [0.05, 0.1) is 7.11 Å². The van der Waals surface area contributed by atoms with E-state index in [2.05, 4.69) is 55.0 Å². The lowest BCUT2D eigenvalue weighted by Crippen LogP contribution is -2.31. The summed E-state index contributed by atoms with van der Waals surface area (Å²) in [5.74, 6) is 1.96. The largest absolute Gasteiger partial charge is 0.497 e. The Hall–Kier alpha value is -1.75. The van der Waals surface area contributed by atoms with Crippen LogP contribution in [-0.4, -0.2) is 38.3 Å². The molecular weight excluding hydrogens is 342 g/mol. The Labute approximate surface area is 139 Å². The zero-order valence-corrected chi connectivity index (χ0v) is 14.3. The van der Waals surface area contributed by atoms with E-state index in [0.717, 1.165) is 48.6 Å². The van der Waals surface area contributed by atoms with Crippen molar-refractivity contribution in [3.8, 4) is 5.75 Å². The number of hydrogen-bond donors (Lipinski definition) is 0. The van der Waals surface area contributed by atoms with Gasteiger partial charge in [0.25, 0.3) is 0 Å². The van der Waals surface area contributed by atoms with Gasteiger partial charge in [-0.25, -0.2) is 4.98 Å². The number of nitrogens with zero attached hydrogens (tertiary/aromatic N) is 3. The van der Waals surface area contributed by atoms with Crippen molar-refractivity contribution < 1.29 is 4.74 Å². The van der Waals surface area contributed by atoms with Gasteiger partial charge in [0.1, 0.15) is 11.6 Å². The van der Waals surface area contributed by atoms with E-state index in [-0.39, 0.29) is 0 Å². The molecule has 22 heavy (non-hydrogen) atoms. The first-order chi connectivity index (χ1) is 10.8. The van der Waals surface area contributed by atoms with Crippen molar-refractivity contribution in [3.05, 3.63) is 47.1 Å². The van der Waals surface area contributed by atoms with Gasteiger partial charge in [0, 0.05) is 42.5 Å². The van der Waals surface area contributed by atoms with E-state index in [1.165, 1.54) is 5.69 Å². The molecule has 1 aromatic carbocycles. The molecule has 0 N–H and O–H groups in total. The molecule has 0 unspecified atom stereocenters. The predicted octanol–water partition coefficient (Wildman–Crippen LogP) is 3.57. The first-order valence-corrected chi connectivity index (χ1v) is 8.31. The van der Waals surface area contributed by atoms with Crippen molar-refractivity contribution in [1.29, 1.82) is 0 Å². The van der Waals surface area contributed by atoms with Crippen molar-refractivity contribution in [2.24, 2.45) is 0 Å². The van der Waals surface area contributed by atoms with Crippen LogP contribution in [0.25, 0.3) is 0 Å². The SMILES string of the molecule is COc1ccc(N2CCCN(c3ccc(Br)cn3)CC2)cc1. The zero-order chi connectivity index (χ0) is 15.4. The maximum Gasteiger partial charge on any atom is 0.128 e. The van der Waals surface area contributed by atoms with Crippen LogP contribution in [0.5, 0.6) is 5.75 Å². The van der Waals surface area contributed by atoms with Crippen LogP contribution in [0.15, 0.2) is 47.1 Å². The molecule has 3 rings (SSSR count). The average Bonchev–Trinajstić information content (AvgIpc) is 2.82. The summed E-state index contributed by atoms with van der Waals surface area (Å²) in [5, 5.41) is 0. The number of anilines is 2. The molecule has 1 fully saturated rings. The number of rotatable bonds is 3. The standard InChI is InChI=1S/C17H20BrN3O/c1-22-16-6-4-15(5-7-16)20-9-2-10-21(12-11-20)17-8-3-14(18)13-19-17/h3-8,13H,2,9-12H2,1H3. The van der Waals surface area contributed by atoms with Crippen LogP contribution in [-0.2, 0) is 0 Å². The number of ether oxygens (including phenoxy) is 1. The maximum absolute atomic E-state index is 5.23. The molecule has 0 aliphatic carbocycles. The number of aromatic nitrogens is 1. The lowest BCUT2D eigenvalue weighted by atomic mass is 10.2. The molecule has 1 aromatic heterocycles. The first kappa shape index (κ1) is 15.2. The fourth-order valence-electron chi connectivity index (χ4n) is 2.75. The average molecular weight is 362 g/mol. The second kappa shape index (κ2) is 7.01. The second-order valence-electron chi connectivity index (χ2n) is 5.36. The summed E-state index contributed by atoms with van der Waals surface area (Å²) < 4.78 is 6.25. The van der Waals surface area contributed by atoms with Gasteiger partial charge in [-0.2, -0.15) is 0 Å². The van der Waals surface area contributed by atoms with E-state index in [1.807, 2.05) is 18.3 Å². The molecular formula is C17H20BrN3O. The Bertz CT molecular complexity index is 600. The van der Waals surface area contributed by atoms with E-state index < -0.39 is 0 Å². The third kappa shape index (κ3) is 3.53. The Morgan fingerprint density at radius 2 is 1.68 bits per heavy atom. The van der Waals surface area contributed by atoms with Crippen LogP contribution in [0, 0.1) is 0 Å². The van der Waals surface area contributed by atoms with Crippen molar-refractivity contribution in [1.82, 2.24) is 4.98 Å². The fraction of sp³-hybridized carbons (Fsp3) is 0.353. The molecule has 0 spiro atoms. The van der Waals surface area contributed by atoms with Crippen molar-refractivity contribution in [2.45, 2.75) is 6.42 Å². The minimum absolute atomic E-state index is 0.902. The highest BCUT2D eigenvalue weighted by atomic mass is 79.9. The summed E-state index contributed by atoms with van der Waals surface area (Å²) >= 11 is 3.44. The molecule has 116 valence electrons. The Morgan fingerprint density at radius 3 is 2.36 bits per heavy atom. The number of pyridine rings is 1. The van der Waals surface area contributed by atoms with Crippen LogP contribution in [0.3, 0.4) is 0 Å². The minimum atomic E-state index is 0.902. The molecule has 0 bridgehead atoms. The molecule has 4 nitrogen and oxygen atoms in total. The van der Waals surface area contributed by atoms with Crippen LogP contribution in [0.2, 0.25) is 0 Å². The molecule has 1 aliphatic heterocycles. The number of hydrogen-bond acceptors (Lipinski definition) is 4. The lowest BCUT2D eigenvalue weighted by molar-refractivity contribution is 0.415. The van der Waals surface area contributed by atoms with Gasteiger partial charge in [-0.1, -0.05) is 0 Å². The predicted molar refractivity (Wildman–Crippen MR) is 94.0 cm³/mol. The minimum Gasteiger partial charge on any atom is -0.497 e. The summed E-state index contributed by atoms with van der Waals surface area (Å²) in [4.78, 5) is 9.29. The second-order valence-corrected chi connectivity index (χ2v) is 6.28. The summed E-state index contributed by atoms with van der Waals surface area (Å²) in [7, 11) is 1.70. The lowest BCUT2D eigenvalue weighted by Gasteiger charge is -2.24. The molecule has 2 aromatic rings. The quantitative estimate of drug-likeness (QED) is 0.835. The van der Waals surface area contributed by atoms with Gasteiger partial charge in [-0.15, -0.1) is 0 Å². The van der Waals surface area contributed by atoms with Gasteiger partial charge in [0.15, 0.2) is 0 Å². The number of halogens is 1. The highest BCUT2D eigenvalue weighted by Crippen LogP contribution is 2.22. The number of benzene rings is 1. The summed E-state index contributed by atoms with van der Waals surface area (Å²) in [6, 6.07) is 12.4. The van der Waals surface area contributed by atoms with Gasteiger partial charge in [0.2, 0.25) is 0 Å². The molecule has 1 aliphatic rings. The number of methoxy groups -OCH3 is 1. The van der Waals surface area contributed by atoms with Gasteiger partial charge in [-0.3, -0.25) is 0 Å². The van der Waals surface area contributed by atoms with E-state index in [9.17, 15) is 0 Å². The smallest absolute Gasteiger partial charge is 0.128 e. The molecule has 0 atom stereocenters. The zero-order valence-electron chi connectivity index (χ0n) is 12.7. The third-order valence-electron chi connectivity index (χ3n) is 3.97. The topological polar surface area (TPSA) is 28.6 Å². The van der Waals surface area contributed by atoms with Crippen LogP contribution >= 0.6 is 15.9 Å². The summed E-state index contributed by atoms with van der Waals surface area (Å²) in [5.41, 5.74) is 1.26. The van der Waals surface area contributed by atoms with Crippen LogP contribution in [0.1, 0.15) is 6.42 Å². The highest BCUT2D eigenvalue weighted by molar-refractivity contribution is 9.10. The van der Waals surface area contributed by atoms with Crippen LogP contribution < -0.4 is 14.5 Å². The van der Waals surface area contributed by atoms with Gasteiger partial charge in [-0.05, 0) is 58.7 Å². The molecule has 1 saturated heterocycles. The Kier molecular flexibility index (Phi) is 4.83. The molecule has 2 heterocycles. The fourth-order valence-corrected chi connectivity index (χ4v) is 2.99. The third-order valence-corrected chi connectivity index (χ3v) is 4.44. The molecule has 0 radical (unpaired) electrons. The Morgan fingerprint density at radius 1 is 0.955 bits per heavy atom. The Balaban J connectivity index is 1.67. The van der Waals surface area contributed by atoms with Crippen LogP contribution in [0.4, 0.5) is 11.5 Å². The van der Waals surface area contributed by atoms with E-state index >= 15 is 0 Å². The molecule has 0 saturated carbocycles. The summed E-state index contributed by atoms with van der Waals surface area (Å²) in [6.07, 6.45) is 2.99. The van der Waals surface area contributed by atoms with Gasteiger partial charge >= 0.3 is 0 Å². The van der Waals surface area contributed by atoms with Crippen molar-refractivity contribution >= 4 is 27.4 Å². The van der Waals surface area contributed by atoms with Crippen molar-refractivity contribution in [2.75, 3.05) is 43.1 Å². The highest BCUT2D eigenvalue weighted by Gasteiger charge is 2.16.